The van der Waals surface area contributed by atoms with E-state index in [-0.39, 0.29) is 0 Å². The zero-order chi connectivity index (χ0) is 17.6. The van der Waals surface area contributed by atoms with Crippen LogP contribution < -0.4 is 0 Å². The minimum atomic E-state index is 2.00. The number of hydrogen-bond donors (Lipinski definition) is 0. The maximum Gasteiger partial charge on any atom is -0.0140 e. The second-order valence-electron chi connectivity index (χ2n) is 1.34. The van der Waals surface area contributed by atoms with Crippen LogP contribution in [0.2, 0.25) is 0 Å². The zero-order valence-corrected chi connectivity index (χ0v) is 16.3. The van der Waals surface area contributed by atoms with Gasteiger partial charge in [-0.25, -0.2) is 0 Å². The van der Waals surface area contributed by atoms with Crippen molar-refractivity contribution in [1.29, 1.82) is 0 Å². The predicted octanol–water partition coefficient (Wildman–Crippen LogP) is 6.91. The van der Waals surface area contributed by atoms with Gasteiger partial charge in [0.15, 0.2) is 0 Å². The molecule has 0 aromatic heterocycles. The zero-order valence-electron chi connectivity index (χ0n) is 16.3. The van der Waals surface area contributed by atoms with Crippen molar-refractivity contribution in [3.8, 4) is 0 Å². The topological polar surface area (TPSA) is 3.24 Å². The molecule has 0 aliphatic carbocycles. The van der Waals surface area contributed by atoms with Crippen LogP contribution in [0.1, 0.15) is 69.2 Å². The van der Waals surface area contributed by atoms with E-state index in [4.69, 9.17) is 0 Å². The lowest BCUT2D eigenvalue weighted by Gasteiger charge is -1.90. The Hall–Kier alpha value is -0.560. The Kier molecular flexibility index (Phi) is 1930. The van der Waals surface area contributed by atoms with E-state index in [1.807, 2.05) is 95.3 Å². The summed E-state index contributed by atoms with van der Waals surface area (Å²) >= 11 is 0. The number of hydrogen-bond acceptors (Lipinski definition) is 1. The number of rotatable bonds is 0. The standard InChI is InChI=1S/C3H9N.5C2H6.2C2H4/c1-4(2)3;7*1-2/h1-3H3;5*1-2H3;2*1-2H2. The Labute approximate surface area is 122 Å². The highest BCUT2D eigenvalue weighted by Crippen LogP contribution is 1.47. The van der Waals surface area contributed by atoms with Gasteiger partial charge >= 0.3 is 0 Å². The second-order valence-corrected chi connectivity index (χ2v) is 1.34. The Morgan fingerprint density at radius 1 is 0.389 bits per heavy atom. The van der Waals surface area contributed by atoms with Gasteiger partial charge in [-0.3, -0.25) is 0 Å². The molecule has 0 saturated carbocycles. The molecule has 18 heavy (non-hydrogen) atoms. The molecule has 1 heteroatoms. The third-order valence-corrected chi connectivity index (χ3v) is 0. The average Bonchev–Trinajstić information content (AvgIpc) is 2.52. The molecule has 0 radical (unpaired) electrons. The van der Waals surface area contributed by atoms with Crippen LogP contribution in [0.5, 0.6) is 0 Å². The van der Waals surface area contributed by atoms with Crippen molar-refractivity contribution in [2.24, 2.45) is 0 Å². The van der Waals surface area contributed by atoms with E-state index in [9.17, 15) is 0 Å². The molecule has 0 aliphatic heterocycles. The molecule has 0 heterocycles. The minimum absolute atomic E-state index is 2.00. The van der Waals surface area contributed by atoms with E-state index < -0.39 is 0 Å². The fourth-order valence-corrected chi connectivity index (χ4v) is 0. The maximum atomic E-state index is 3.00. The first-order valence-corrected chi connectivity index (χ1v) is 7.34. The molecule has 0 N–H and O–H groups in total. The van der Waals surface area contributed by atoms with Crippen molar-refractivity contribution in [3.63, 3.8) is 0 Å². The van der Waals surface area contributed by atoms with Gasteiger partial charge in [-0.05, 0) is 21.1 Å². The van der Waals surface area contributed by atoms with E-state index in [1.165, 1.54) is 0 Å². The normalized spacial score (nSPS) is 4.11. The quantitative estimate of drug-likeness (QED) is 0.430. The summed E-state index contributed by atoms with van der Waals surface area (Å²) in [4.78, 5) is 2.00. The van der Waals surface area contributed by atoms with Gasteiger partial charge in [0.1, 0.15) is 0 Å². The predicted molar refractivity (Wildman–Crippen MR) is 98.9 cm³/mol. The van der Waals surface area contributed by atoms with Gasteiger partial charge < -0.3 is 4.90 Å². The van der Waals surface area contributed by atoms with E-state index in [2.05, 4.69) is 26.3 Å². The van der Waals surface area contributed by atoms with Crippen molar-refractivity contribution in [2.45, 2.75) is 69.2 Å². The molecule has 0 spiro atoms. The van der Waals surface area contributed by atoms with Crippen LogP contribution in [0.4, 0.5) is 0 Å². The Morgan fingerprint density at radius 2 is 0.389 bits per heavy atom. The van der Waals surface area contributed by atoms with Crippen LogP contribution in [-0.2, 0) is 0 Å². The summed E-state index contributed by atoms with van der Waals surface area (Å²) in [5, 5.41) is 0. The molecule has 0 amide bonds. The SMILES string of the molecule is C=C.C=C.CC.CC.CC.CC.CC.CN(C)C. The van der Waals surface area contributed by atoms with Crippen molar-refractivity contribution < 1.29 is 0 Å². The highest BCUT2D eigenvalue weighted by Gasteiger charge is 1.58. The van der Waals surface area contributed by atoms with Gasteiger partial charge in [-0.1, -0.05) is 69.2 Å². The molecule has 0 aromatic rings. The van der Waals surface area contributed by atoms with Crippen LogP contribution >= 0.6 is 0 Å². The summed E-state index contributed by atoms with van der Waals surface area (Å²) in [5.41, 5.74) is 0. The summed E-state index contributed by atoms with van der Waals surface area (Å²) in [6.45, 7) is 32.0. The lowest BCUT2D eigenvalue weighted by molar-refractivity contribution is 0.505. The monoisotopic (exact) mass is 265 g/mol. The van der Waals surface area contributed by atoms with Crippen molar-refractivity contribution in [1.82, 2.24) is 4.90 Å². The van der Waals surface area contributed by atoms with E-state index in [1.54, 1.807) is 0 Å². The molecule has 0 aromatic carbocycles. The molecule has 0 aliphatic rings. The van der Waals surface area contributed by atoms with Gasteiger partial charge in [0.2, 0.25) is 0 Å². The third-order valence-electron chi connectivity index (χ3n) is 0. The van der Waals surface area contributed by atoms with Gasteiger partial charge in [-0.2, -0.15) is 0 Å². The van der Waals surface area contributed by atoms with Crippen LogP contribution in [0.15, 0.2) is 26.3 Å². The molecule has 1 nitrogen and oxygen atoms in total. The largest absolute Gasteiger partial charge is 0.312 e. The van der Waals surface area contributed by atoms with E-state index >= 15 is 0 Å². The fourth-order valence-electron chi connectivity index (χ4n) is 0. The van der Waals surface area contributed by atoms with E-state index in [0.29, 0.717) is 0 Å². The molecule has 0 saturated heterocycles. The first kappa shape index (κ1) is 52.9. The van der Waals surface area contributed by atoms with Crippen LogP contribution in [-0.4, -0.2) is 26.0 Å². The lowest BCUT2D eigenvalue weighted by Crippen LogP contribution is -1.99. The summed E-state index contributed by atoms with van der Waals surface area (Å²) in [6, 6.07) is 0. The Morgan fingerprint density at radius 3 is 0.389 bits per heavy atom. The first-order valence-electron chi connectivity index (χ1n) is 7.34. The summed E-state index contributed by atoms with van der Waals surface area (Å²) in [6.07, 6.45) is 0. The van der Waals surface area contributed by atoms with Crippen LogP contribution in [0.25, 0.3) is 0 Å². The Bertz CT molecular complexity index is 22.0. The molecular weight excluding hydrogens is 218 g/mol. The van der Waals surface area contributed by atoms with Crippen molar-refractivity contribution >= 4 is 0 Å². The van der Waals surface area contributed by atoms with Gasteiger partial charge in [0.05, 0.1) is 0 Å². The molecule has 0 rings (SSSR count). The smallest absolute Gasteiger partial charge is 0.0140 e. The van der Waals surface area contributed by atoms with Crippen molar-refractivity contribution in [3.05, 3.63) is 26.3 Å². The average molecular weight is 266 g/mol. The van der Waals surface area contributed by atoms with Gasteiger partial charge in [0.25, 0.3) is 0 Å². The van der Waals surface area contributed by atoms with Gasteiger partial charge in [-0.15, -0.1) is 26.3 Å². The molecule has 120 valence electrons. The molecular formula is C17H47N. The molecule has 0 bridgehead atoms. The Balaban J connectivity index is -0.0000000109. The highest BCUT2D eigenvalue weighted by molar-refractivity contribution is 4.22. The molecule has 0 atom stereocenters. The fraction of sp³-hybridized carbons (Fsp3) is 0.765. The van der Waals surface area contributed by atoms with Crippen molar-refractivity contribution in [2.75, 3.05) is 21.1 Å². The summed E-state index contributed by atoms with van der Waals surface area (Å²) in [7, 11) is 6.00. The maximum absolute atomic E-state index is 3.00. The lowest BCUT2D eigenvalue weighted by atomic mass is 11.0. The number of nitrogens with zero attached hydrogens (tertiary/aromatic N) is 1. The van der Waals surface area contributed by atoms with Gasteiger partial charge in [0, 0.05) is 0 Å². The summed E-state index contributed by atoms with van der Waals surface area (Å²) in [5.74, 6) is 0. The molecule has 0 fully saturated rings. The third kappa shape index (κ3) is 10300. The second kappa shape index (κ2) is 658. The van der Waals surface area contributed by atoms with Crippen LogP contribution in [0.3, 0.4) is 0 Å². The highest BCUT2D eigenvalue weighted by atomic mass is 15.0. The summed E-state index contributed by atoms with van der Waals surface area (Å²) < 4.78 is 0. The first-order chi connectivity index (χ1) is 8.73. The minimum Gasteiger partial charge on any atom is -0.312 e. The van der Waals surface area contributed by atoms with E-state index in [0.717, 1.165) is 0 Å². The molecule has 0 unspecified atom stereocenters. The van der Waals surface area contributed by atoms with Crippen LogP contribution in [0, 0.1) is 0 Å².